The van der Waals surface area contributed by atoms with Crippen LogP contribution in [0.3, 0.4) is 0 Å². The maximum absolute atomic E-state index is 12.8. The lowest BCUT2D eigenvalue weighted by molar-refractivity contribution is 0.0664. The number of carbonyl (C=O) groups is 1. The van der Waals surface area contributed by atoms with Gasteiger partial charge in [-0.2, -0.15) is 4.98 Å². The van der Waals surface area contributed by atoms with Gasteiger partial charge in [0.15, 0.2) is 5.82 Å². The van der Waals surface area contributed by atoms with Gasteiger partial charge in [0.05, 0.1) is 6.10 Å². The van der Waals surface area contributed by atoms with Gasteiger partial charge in [-0.15, -0.1) is 0 Å². The van der Waals surface area contributed by atoms with E-state index in [1.807, 2.05) is 24.8 Å². The molecule has 7 heteroatoms. The van der Waals surface area contributed by atoms with Crippen molar-refractivity contribution in [1.29, 1.82) is 0 Å². The van der Waals surface area contributed by atoms with Crippen LogP contribution >= 0.6 is 0 Å². The molecular formula is C18H24N4O3. The second kappa shape index (κ2) is 7.63. The maximum atomic E-state index is 12.8. The van der Waals surface area contributed by atoms with Crippen LogP contribution in [0.2, 0.25) is 0 Å². The van der Waals surface area contributed by atoms with Crippen molar-refractivity contribution in [1.82, 2.24) is 20.0 Å². The number of aromatic nitrogens is 3. The first-order valence-electron chi connectivity index (χ1n) is 8.73. The van der Waals surface area contributed by atoms with Crippen LogP contribution in [0.1, 0.15) is 48.9 Å². The molecule has 0 spiro atoms. The van der Waals surface area contributed by atoms with Crippen molar-refractivity contribution in [2.24, 2.45) is 5.92 Å². The molecule has 0 aliphatic carbocycles. The number of likely N-dealkylation sites (tertiary alicyclic amines) is 1. The van der Waals surface area contributed by atoms with Gasteiger partial charge in [-0.3, -0.25) is 4.79 Å². The molecule has 3 heterocycles. The Kier molecular flexibility index (Phi) is 5.31. The van der Waals surface area contributed by atoms with Gasteiger partial charge >= 0.3 is 0 Å². The molecule has 0 bridgehead atoms. The van der Waals surface area contributed by atoms with Gasteiger partial charge in [-0.25, -0.2) is 4.98 Å². The Morgan fingerprint density at radius 2 is 2.24 bits per heavy atom. The van der Waals surface area contributed by atoms with Crippen LogP contribution in [-0.2, 0) is 6.42 Å². The second-order valence-corrected chi connectivity index (χ2v) is 6.72. The van der Waals surface area contributed by atoms with E-state index in [2.05, 4.69) is 15.1 Å². The lowest BCUT2D eigenvalue weighted by Crippen LogP contribution is -2.41. The zero-order chi connectivity index (χ0) is 17.8. The minimum absolute atomic E-state index is 0.0237. The number of nitrogens with zero attached hydrogens (tertiary/aromatic N) is 4. The number of ether oxygens (including phenoxy) is 1. The van der Waals surface area contributed by atoms with Gasteiger partial charge in [0.1, 0.15) is 5.69 Å². The predicted octanol–water partition coefficient (Wildman–Crippen LogP) is 2.66. The highest BCUT2D eigenvalue weighted by Crippen LogP contribution is 2.22. The summed E-state index contributed by atoms with van der Waals surface area (Å²) in [6, 6.07) is 5.32. The molecule has 134 valence electrons. The molecule has 1 amide bonds. The molecule has 2 aromatic heterocycles. The Labute approximate surface area is 147 Å². The Bertz CT molecular complexity index is 729. The van der Waals surface area contributed by atoms with E-state index in [4.69, 9.17) is 9.26 Å². The molecule has 1 atom stereocenters. The van der Waals surface area contributed by atoms with Crippen molar-refractivity contribution < 1.29 is 14.1 Å². The van der Waals surface area contributed by atoms with Crippen LogP contribution in [0, 0.1) is 12.8 Å². The molecule has 0 N–H and O–H groups in total. The van der Waals surface area contributed by atoms with E-state index in [-0.39, 0.29) is 12.0 Å². The summed E-state index contributed by atoms with van der Waals surface area (Å²) in [4.78, 5) is 23.3. The molecule has 3 rings (SSSR count). The predicted molar refractivity (Wildman–Crippen MR) is 91.4 cm³/mol. The van der Waals surface area contributed by atoms with E-state index in [0.717, 1.165) is 25.8 Å². The normalized spacial score (nSPS) is 17.8. The highest BCUT2D eigenvalue weighted by atomic mass is 16.5. The summed E-state index contributed by atoms with van der Waals surface area (Å²) < 4.78 is 10.6. The number of hydrogen-bond acceptors (Lipinski definition) is 6. The summed E-state index contributed by atoms with van der Waals surface area (Å²) in [6.07, 6.45) is 2.78. The van der Waals surface area contributed by atoms with E-state index >= 15 is 0 Å². The third-order valence-electron chi connectivity index (χ3n) is 4.15. The average molecular weight is 344 g/mol. The molecule has 1 aliphatic rings. The molecule has 1 unspecified atom stereocenters. The van der Waals surface area contributed by atoms with Gasteiger partial charge in [0.25, 0.3) is 5.91 Å². The fourth-order valence-electron chi connectivity index (χ4n) is 3.10. The SMILES string of the molecule is Cc1nc(CC2CCCN(C(=O)c3cccc(OC(C)C)n3)C2)no1. The third-order valence-corrected chi connectivity index (χ3v) is 4.15. The fraction of sp³-hybridized carbons (Fsp3) is 0.556. The first kappa shape index (κ1) is 17.4. The van der Waals surface area contributed by atoms with Crippen molar-refractivity contribution in [2.75, 3.05) is 13.1 Å². The Balaban J connectivity index is 1.65. The zero-order valence-electron chi connectivity index (χ0n) is 14.9. The standard InChI is InChI=1S/C18H24N4O3/c1-12(2)24-17-8-4-7-15(20-17)18(23)22-9-5-6-14(11-22)10-16-19-13(3)25-21-16/h4,7-8,12,14H,5-6,9-11H2,1-3H3. The smallest absolute Gasteiger partial charge is 0.272 e. The monoisotopic (exact) mass is 344 g/mol. The summed E-state index contributed by atoms with van der Waals surface area (Å²) in [6.45, 7) is 7.09. The molecule has 1 fully saturated rings. The van der Waals surface area contributed by atoms with Crippen molar-refractivity contribution >= 4 is 5.91 Å². The minimum atomic E-state index is -0.0526. The minimum Gasteiger partial charge on any atom is -0.475 e. The summed E-state index contributed by atoms with van der Waals surface area (Å²) in [5.41, 5.74) is 0.425. The molecule has 7 nitrogen and oxygen atoms in total. The first-order valence-corrected chi connectivity index (χ1v) is 8.73. The van der Waals surface area contributed by atoms with Crippen molar-refractivity contribution in [3.05, 3.63) is 35.6 Å². The van der Waals surface area contributed by atoms with E-state index in [1.54, 1.807) is 19.1 Å². The lowest BCUT2D eigenvalue weighted by Gasteiger charge is -2.32. The van der Waals surface area contributed by atoms with E-state index in [1.165, 1.54) is 0 Å². The van der Waals surface area contributed by atoms with Gasteiger partial charge in [0, 0.05) is 32.5 Å². The van der Waals surface area contributed by atoms with E-state index in [0.29, 0.717) is 35.8 Å². The number of carbonyl (C=O) groups excluding carboxylic acids is 1. The molecule has 2 aromatic rings. The number of amides is 1. The first-order chi connectivity index (χ1) is 12.0. The lowest BCUT2D eigenvalue weighted by atomic mass is 9.94. The molecular weight excluding hydrogens is 320 g/mol. The maximum Gasteiger partial charge on any atom is 0.272 e. The number of aryl methyl sites for hydroxylation is 1. The summed E-state index contributed by atoms with van der Waals surface area (Å²) in [7, 11) is 0. The van der Waals surface area contributed by atoms with Crippen LogP contribution in [0.4, 0.5) is 0 Å². The van der Waals surface area contributed by atoms with Crippen LogP contribution in [0.15, 0.2) is 22.7 Å². The largest absolute Gasteiger partial charge is 0.475 e. The number of rotatable bonds is 5. The molecule has 1 aliphatic heterocycles. The summed E-state index contributed by atoms with van der Waals surface area (Å²) in [5.74, 6) is 2.05. The fourth-order valence-corrected chi connectivity index (χ4v) is 3.10. The number of piperidine rings is 1. The van der Waals surface area contributed by atoms with Gasteiger partial charge < -0.3 is 14.2 Å². The highest BCUT2D eigenvalue weighted by molar-refractivity contribution is 5.92. The van der Waals surface area contributed by atoms with Gasteiger partial charge in [-0.05, 0) is 38.7 Å². The van der Waals surface area contributed by atoms with Gasteiger partial charge in [0.2, 0.25) is 11.8 Å². The molecule has 0 radical (unpaired) electrons. The Hall–Kier alpha value is -2.44. The second-order valence-electron chi connectivity index (χ2n) is 6.72. The highest BCUT2D eigenvalue weighted by Gasteiger charge is 2.26. The van der Waals surface area contributed by atoms with Crippen molar-refractivity contribution in [3.63, 3.8) is 0 Å². The Morgan fingerprint density at radius 3 is 2.96 bits per heavy atom. The van der Waals surface area contributed by atoms with Crippen molar-refractivity contribution in [3.8, 4) is 5.88 Å². The summed E-state index contributed by atoms with van der Waals surface area (Å²) >= 11 is 0. The van der Waals surface area contributed by atoms with Crippen LogP contribution in [0.5, 0.6) is 5.88 Å². The number of pyridine rings is 1. The summed E-state index contributed by atoms with van der Waals surface area (Å²) in [5, 5.41) is 3.96. The average Bonchev–Trinajstić information content (AvgIpc) is 2.99. The molecule has 0 saturated carbocycles. The topological polar surface area (TPSA) is 81.4 Å². The van der Waals surface area contributed by atoms with Crippen LogP contribution in [0.25, 0.3) is 0 Å². The zero-order valence-corrected chi connectivity index (χ0v) is 14.9. The molecule has 1 saturated heterocycles. The quantitative estimate of drug-likeness (QED) is 0.829. The molecule has 25 heavy (non-hydrogen) atoms. The van der Waals surface area contributed by atoms with E-state index in [9.17, 15) is 4.79 Å². The van der Waals surface area contributed by atoms with Crippen LogP contribution < -0.4 is 4.74 Å². The Morgan fingerprint density at radius 1 is 1.40 bits per heavy atom. The van der Waals surface area contributed by atoms with Crippen LogP contribution in [-0.4, -0.2) is 45.1 Å². The van der Waals surface area contributed by atoms with Crippen molar-refractivity contribution in [2.45, 2.75) is 46.1 Å². The van der Waals surface area contributed by atoms with Gasteiger partial charge in [-0.1, -0.05) is 11.2 Å². The van der Waals surface area contributed by atoms with E-state index < -0.39 is 0 Å². The number of hydrogen-bond donors (Lipinski definition) is 0. The third kappa shape index (κ3) is 4.55. The molecule has 0 aromatic carbocycles.